The van der Waals surface area contributed by atoms with Crippen LogP contribution in [0.3, 0.4) is 0 Å². The number of anilines is 3. The molecule has 7 nitrogen and oxygen atoms in total. The molecule has 1 aromatic heterocycles. The Morgan fingerprint density at radius 1 is 1.14 bits per heavy atom. The number of carbonyl (C=O) groups excluding carboxylic acids is 1. The standard InChI is InChI=1S/C21H23N5O2S/c1-14-4-5-15(2)18(12-14)22-19(27)13-29-21-24-23-20-25(10-11-26(20)21)16-6-8-17(28-3)9-7-16/h4-9,12H,10-11,13H2,1-3H3,(H,22,27). The van der Waals surface area contributed by atoms with Gasteiger partial charge in [0, 0.05) is 24.5 Å². The molecule has 29 heavy (non-hydrogen) atoms. The van der Waals surface area contributed by atoms with Crippen molar-refractivity contribution in [1.82, 2.24) is 14.8 Å². The number of hydrogen-bond donors (Lipinski definition) is 1. The molecule has 0 fully saturated rings. The monoisotopic (exact) mass is 409 g/mol. The number of ether oxygens (including phenoxy) is 1. The first kappa shape index (κ1) is 19.3. The van der Waals surface area contributed by atoms with Crippen LogP contribution in [0.2, 0.25) is 0 Å². The van der Waals surface area contributed by atoms with Crippen molar-refractivity contribution in [2.75, 3.05) is 29.6 Å². The van der Waals surface area contributed by atoms with Crippen LogP contribution in [0.5, 0.6) is 5.75 Å². The van der Waals surface area contributed by atoms with Crippen molar-refractivity contribution in [3.63, 3.8) is 0 Å². The molecule has 2 heterocycles. The molecule has 2 aromatic carbocycles. The lowest BCUT2D eigenvalue weighted by molar-refractivity contribution is -0.113. The minimum atomic E-state index is -0.0499. The minimum Gasteiger partial charge on any atom is -0.497 e. The number of aromatic nitrogens is 3. The first-order valence-electron chi connectivity index (χ1n) is 9.40. The highest BCUT2D eigenvalue weighted by Gasteiger charge is 2.26. The number of carbonyl (C=O) groups is 1. The number of amides is 1. The van der Waals surface area contributed by atoms with Crippen LogP contribution >= 0.6 is 11.8 Å². The average molecular weight is 410 g/mol. The summed E-state index contributed by atoms with van der Waals surface area (Å²) in [5.41, 5.74) is 4.06. The van der Waals surface area contributed by atoms with E-state index in [-0.39, 0.29) is 11.7 Å². The van der Waals surface area contributed by atoms with Crippen molar-refractivity contribution in [3.8, 4) is 5.75 Å². The van der Waals surface area contributed by atoms with Crippen molar-refractivity contribution in [2.24, 2.45) is 0 Å². The van der Waals surface area contributed by atoms with E-state index < -0.39 is 0 Å². The van der Waals surface area contributed by atoms with Crippen molar-refractivity contribution in [3.05, 3.63) is 53.6 Å². The fraction of sp³-hybridized carbons (Fsp3) is 0.286. The Bertz CT molecular complexity index is 1030. The minimum absolute atomic E-state index is 0.0499. The van der Waals surface area contributed by atoms with Crippen molar-refractivity contribution >= 4 is 35.0 Å². The van der Waals surface area contributed by atoms with Gasteiger partial charge in [-0.3, -0.25) is 9.36 Å². The molecule has 1 amide bonds. The van der Waals surface area contributed by atoms with Gasteiger partial charge in [-0.2, -0.15) is 0 Å². The van der Waals surface area contributed by atoms with E-state index in [1.807, 2.05) is 56.3 Å². The molecule has 4 rings (SSSR count). The molecule has 150 valence electrons. The fourth-order valence-corrected chi connectivity index (χ4v) is 4.04. The molecule has 1 aliphatic rings. The van der Waals surface area contributed by atoms with Crippen LogP contribution in [0.25, 0.3) is 0 Å². The Hall–Kier alpha value is -3.00. The van der Waals surface area contributed by atoms with Crippen LogP contribution in [0.1, 0.15) is 11.1 Å². The van der Waals surface area contributed by atoms with E-state index in [4.69, 9.17) is 4.74 Å². The zero-order chi connectivity index (χ0) is 20.4. The lowest BCUT2D eigenvalue weighted by Gasteiger charge is -2.15. The zero-order valence-electron chi connectivity index (χ0n) is 16.7. The van der Waals surface area contributed by atoms with Crippen LogP contribution in [0.4, 0.5) is 17.3 Å². The third kappa shape index (κ3) is 4.07. The predicted molar refractivity (Wildman–Crippen MR) is 115 cm³/mol. The maximum Gasteiger partial charge on any atom is 0.234 e. The Kier molecular flexibility index (Phi) is 5.44. The second kappa shape index (κ2) is 8.16. The average Bonchev–Trinajstić information content (AvgIpc) is 3.32. The van der Waals surface area contributed by atoms with Gasteiger partial charge in [0.05, 0.1) is 12.9 Å². The van der Waals surface area contributed by atoms with E-state index in [2.05, 4.69) is 25.0 Å². The van der Waals surface area contributed by atoms with Crippen molar-refractivity contribution in [2.45, 2.75) is 25.5 Å². The first-order chi connectivity index (χ1) is 14.0. The van der Waals surface area contributed by atoms with Crippen molar-refractivity contribution in [1.29, 1.82) is 0 Å². The molecule has 1 aliphatic heterocycles. The SMILES string of the molecule is COc1ccc(N2CCn3c(SCC(=O)Nc4cc(C)ccc4C)nnc32)cc1. The molecular weight excluding hydrogens is 386 g/mol. The summed E-state index contributed by atoms with van der Waals surface area (Å²) in [6.07, 6.45) is 0. The third-order valence-corrected chi connectivity index (χ3v) is 5.84. The topological polar surface area (TPSA) is 72.3 Å². The summed E-state index contributed by atoms with van der Waals surface area (Å²) in [6, 6.07) is 13.9. The molecule has 0 atom stereocenters. The smallest absolute Gasteiger partial charge is 0.234 e. The number of benzene rings is 2. The summed E-state index contributed by atoms with van der Waals surface area (Å²) >= 11 is 1.40. The van der Waals surface area contributed by atoms with E-state index in [0.717, 1.165) is 52.4 Å². The maximum absolute atomic E-state index is 12.4. The molecule has 0 spiro atoms. The van der Waals surface area contributed by atoms with Crippen LogP contribution in [-0.4, -0.2) is 40.1 Å². The highest BCUT2D eigenvalue weighted by molar-refractivity contribution is 7.99. The van der Waals surface area contributed by atoms with Crippen LogP contribution in [0.15, 0.2) is 47.6 Å². The second-order valence-corrected chi connectivity index (χ2v) is 7.88. The molecule has 0 saturated carbocycles. The summed E-state index contributed by atoms with van der Waals surface area (Å²) in [5, 5.41) is 12.4. The van der Waals surface area contributed by atoms with Gasteiger partial charge in [0.25, 0.3) is 0 Å². The van der Waals surface area contributed by atoms with Gasteiger partial charge >= 0.3 is 0 Å². The molecule has 0 aliphatic carbocycles. The molecule has 3 aromatic rings. The number of nitrogens with one attached hydrogen (secondary N) is 1. The number of aryl methyl sites for hydroxylation is 2. The van der Waals surface area contributed by atoms with E-state index in [9.17, 15) is 4.79 Å². The van der Waals surface area contributed by atoms with E-state index >= 15 is 0 Å². The number of thioether (sulfide) groups is 1. The third-order valence-electron chi connectivity index (χ3n) is 4.87. The summed E-state index contributed by atoms with van der Waals surface area (Å²) in [5.74, 6) is 1.85. The fourth-order valence-electron chi connectivity index (χ4n) is 3.28. The lowest BCUT2D eigenvalue weighted by atomic mass is 10.1. The van der Waals surface area contributed by atoms with Gasteiger partial charge in [-0.25, -0.2) is 0 Å². The molecule has 1 N–H and O–H groups in total. The summed E-state index contributed by atoms with van der Waals surface area (Å²) in [7, 11) is 1.65. The number of hydrogen-bond acceptors (Lipinski definition) is 6. The predicted octanol–water partition coefficient (Wildman–Crippen LogP) is 3.79. The molecule has 0 radical (unpaired) electrons. The van der Waals surface area contributed by atoms with E-state index in [0.29, 0.717) is 0 Å². The van der Waals surface area contributed by atoms with Gasteiger partial charge in [-0.05, 0) is 55.3 Å². The molecular formula is C21H23N5O2S. The van der Waals surface area contributed by atoms with Gasteiger partial charge < -0.3 is 15.0 Å². The van der Waals surface area contributed by atoms with Crippen molar-refractivity contribution < 1.29 is 9.53 Å². The number of fused-ring (bicyclic) bond motifs is 1. The largest absolute Gasteiger partial charge is 0.497 e. The van der Waals surface area contributed by atoms with E-state index in [1.165, 1.54) is 11.8 Å². The van der Waals surface area contributed by atoms with Gasteiger partial charge in [0.15, 0.2) is 5.16 Å². The Balaban J connectivity index is 1.41. The summed E-state index contributed by atoms with van der Waals surface area (Å²) < 4.78 is 7.28. The quantitative estimate of drug-likeness (QED) is 0.625. The van der Waals surface area contributed by atoms with Crippen LogP contribution < -0.4 is 15.0 Å². The highest BCUT2D eigenvalue weighted by Crippen LogP contribution is 2.32. The Morgan fingerprint density at radius 2 is 1.93 bits per heavy atom. The van der Waals surface area contributed by atoms with Crippen LogP contribution in [-0.2, 0) is 11.3 Å². The van der Waals surface area contributed by atoms with Crippen LogP contribution in [0, 0.1) is 13.8 Å². The van der Waals surface area contributed by atoms with Gasteiger partial charge in [-0.15, -0.1) is 10.2 Å². The summed E-state index contributed by atoms with van der Waals surface area (Å²) in [6.45, 7) is 5.61. The first-order valence-corrected chi connectivity index (χ1v) is 10.4. The molecule has 0 bridgehead atoms. The van der Waals surface area contributed by atoms with Gasteiger partial charge in [0.1, 0.15) is 5.75 Å². The molecule has 0 saturated heterocycles. The second-order valence-electron chi connectivity index (χ2n) is 6.94. The van der Waals surface area contributed by atoms with E-state index in [1.54, 1.807) is 7.11 Å². The Morgan fingerprint density at radius 3 is 2.69 bits per heavy atom. The highest BCUT2D eigenvalue weighted by atomic mass is 32.2. The number of rotatable bonds is 6. The number of nitrogens with zero attached hydrogens (tertiary/aromatic N) is 4. The Labute approximate surface area is 174 Å². The zero-order valence-corrected chi connectivity index (χ0v) is 17.5. The summed E-state index contributed by atoms with van der Waals surface area (Å²) in [4.78, 5) is 14.5. The lowest BCUT2D eigenvalue weighted by Crippen LogP contribution is -2.15. The maximum atomic E-state index is 12.4. The number of methoxy groups -OCH3 is 1. The molecule has 8 heteroatoms. The van der Waals surface area contributed by atoms with Gasteiger partial charge in [0.2, 0.25) is 11.9 Å². The van der Waals surface area contributed by atoms with Gasteiger partial charge in [-0.1, -0.05) is 23.9 Å². The molecule has 0 unspecified atom stereocenters. The normalized spacial score (nSPS) is 12.7.